The molecule has 16 atom stereocenters. The van der Waals surface area contributed by atoms with E-state index in [2.05, 4.69) is 31.9 Å². The second-order valence-corrected chi connectivity index (χ2v) is 35.2. The summed E-state index contributed by atoms with van der Waals surface area (Å²) in [6, 6.07) is 6.06. The summed E-state index contributed by atoms with van der Waals surface area (Å²) in [7, 11) is 5.84. The lowest BCUT2D eigenvalue weighted by atomic mass is 9.84. The third-order valence-electron chi connectivity index (χ3n) is 22.2. The van der Waals surface area contributed by atoms with Crippen molar-refractivity contribution in [2.75, 3.05) is 41.3 Å². The monoisotopic (exact) mass is 1690 g/mol. The molecule has 25 nitrogen and oxygen atoms in total. The Morgan fingerprint density at radius 1 is 0.466 bits per heavy atom. The van der Waals surface area contributed by atoms with E-state index in [9.17, 15) is 67.4 Å². The van der Waals surface area contributed by atoms with E-state index >= 15 is 0 Å². The maximum absolute atomic E-state index is 14.0. The second kappa shape index (κ2) is 51.8. The minimum Gasteiger partial charge on any atom is -0.457 e. The number of nitrogens with one attached hydrogen (secondary N) is 6. The van der Waals surface area contributed by atoms with Gasteiger partial charge in [-0.25, -0.2) is 0 Å². The normalized spacial score (nSPS) is 16.2. The molecule has 2 aromatic rings. The van der Waals surface area contributed by atoms with Gasteiger partial charge in [0.25, 0.3) is 0 Å². The number of benzene rings is 2. The molecule has 0 aromatic heterocycles. The third kappa shape index (κ3) is 36.2. The van der Waals surface area contributed by atoms with Gasteiger partial charge in [-0.2, -0.15) is 0 Å². The summed E-state index contributed by atoms with van der Waals surface area (Å²) in [6.07, 6.45) is 9.66. The molecule has 4 unspecified atom stereocenters. The van der Waals surface area contributed by atoms with Crippen LogP contribution in [-0.2, 0) is 79.9 Å². The van der Waals surface area contributed by atoms with Gasteiger partial charge in [0.05, 0.1) is 36.7 Å². The van der Waals surface area contributed by atoms with Crippen LogP contribution in [0.1, 0.15) is 223 Å². The number of hydrogen-bond donors (Lipinski definition) is 7. The summed E-state index contributed by atoms with van der Waals surface area (Å²) >= 11 is 12.2. The highest BCUT2D eigenvalue weighted by atomic mass is 35.5. The van der Waals surface area contributed by atoms with E-state index in [1.54, 1.807) is 62.4 Å². The van der Waals surface area contributed by atoms with Crippen LogP contribution in [0.25, 0.3) is 0 Å². The van der Waals surface area contributed by atoms with E-state index in [1.807, 2.05) is 156 Å². The van der Waals surface area contributed by atoms with Crippen LogP contribution in [0.5, 0.6) is 0 Å². The predicted octanol–water partition coefficient (Wildman–Crippen LogP) is 12.1. The highest BCUT2D eigenvalue weighted by Crippen LogP contribution is 2.30. The van der Waals surface area contributed by atoms with Crippen LogP contribution in [-0.4, -0.2) is 203 Å². The van der Waals surface area contributed by atoms with Crippen molar-refractivity contribution in [1.29, 1.82) is 0 Å². The largest absolute Gasteiger partial charge is 0.457 e. The van der Waals surface area contributed by atoms with E-state index in [-0.39, 0.29) is 90.8 Å². The number of halogens is 2. The van der Waals surface area contributed by atoms with Crippen molar-refractivity contribution in [2.45, 2.75) is 285 Å². The Hall–Kier alpha value is -8.55. The van der Waals surface area contributed by atoms with Crippen molar-refractivity contribution in [3.63, 3.8) is 0 Å². The summed E-state index contributed by atoms with van der Waals surface area (Å²) in [4.78, 5) is 179. The highest BCUT2D eigenvalue weighted by molar-refractivity contribution is 6.30. The van der Waals surface area contributed by atoms with Gasteiger partial charge in [-0.05, 0) is 210 Å². The Morgan fingerprint density at radius 2 is 0.797 bits per heavy atom. The van der Waals surface area contributed by atoms with Crippen LogP contribution < -0.4 is 31.9 Å². The number of carbonyl (C=O) groups is 13. The fourth-order valence-corrected chi connectivity index (χ4v) is 13.2. The van der Waals surface area contributed by atoms with Crippen molar-refractivity contribution >= 4 is 99.8 Å². The topological polar surface area (TPSA) is 337 Å². The van der Waals surface area contributed by atoms with Crippen molar-refractivity contribution in [2.24, 2.45) is 52.8 Å². The number of hydrogen-bond acceptors (Lipinski definition) is 15. The fourth-order valence-electron chi connectivity index (χ4n) is 13.0. The average Bonchev–Trinajstić information content (AvgIpc) is 0.831. The number of carbonyl (C=O) groups excluding carboxylic acids is 13. The Balaban J connectivity index is 0.00000119. The first kappa shape index (κ1) is 107. The van der Waals surface area contributed by atoms with Gasteiger partial charge >= 0.3 is 5.97 Å². The molecule has 118 heavy (non-hydrogen) atoms. The number of likely N-dealkylation sites (N-methyl/N-ethyl adjacent to an activating group) is 4. The number of amides is 10. The number of aliphatic hydroxyl groups excluding tert-OH is 1. The first-order chi connectivity index (χ1) is 54.7. The molecule has 0 aliphatic heterocycles. The van der Waals surface area contributed by atoms with Crippen LogP contribution in [0.15, 0.2) is 95.1 Å². The Bertz CT molecular complexity index is 3810. The summed E-state index contributed by atoms with van der Waals surface area (Å²) in [5.74, 6) is -5.91. The van der Waals surface area contributed by atoms with Gasteiger partial charge in [0.15, 0.2) is 11.6 Å². The van der Waals surface area contributed by atoms with Crippen molar-refractivity contribution < 1.29 is 72.2 Å². The molecule has 7 N–H and O–H groups in total. The van der Waals surface area contributed by atoms with Crippen molar-refractivity contribution in [3.8, 4) is 0 Å². The molecule has 662 valence electrons. The number of allylic oxidation sites excluding steroid dienone is 4. The molecular weight excluding hydrogens is 1540 g/mol. The zero-order valence-electron chi connectivity index (χ0n) is 76.1. The number of ether oxygens (including phenoxy) is 1. The first-order valence-electron chi connectivity index (χ1n) is 41.5. The third-order valence-corrected chi connectivity index (χ3v) is 22.7. The molecule has 0 fully saturated rings. The van der Waals surface area contributed by atoms with Crippen LogP contribution in [0.3, 0.4) is 0 Å². The van der Waals surface area contributed by atoms with Gasteiger partial charge in [-0.1, -0.05) is 168 Å². The minimum atomic E-state index is -1.10. The maximum atomic E-state index is 14.0. The molecule has 0 bridgehead atoms. The SMILES string of the molecule is C/C=C(\C)C(OC(=O)C(C)(C)C)[C@@H](C)C(C)C/C=C(\C)C(=O)N[C@H](CC(C)C)C(=O)N[C@@H](C)C(=O)N(C)[C@H](Cc1ccc(Cl)cc1)C(=O)N(C)CC(=O)NC(C(C)=O)[C@@H](C)CC.C/C=C(\C)[C@@H](O)[C@@H](C)[C@@H](C)C/C=C(\C)C(=O)N[C@H](CC(C)C)C(=O)N[C@@H](C)C(=O)N(C)[C@H](Cc1ccc(Cl)cc1)C(=O)N(C)CC(=O)NC(C(C)=O)[C@@H](C)CC. The van der Waals surface area contributed by atoms with Gasteiger partial charge in [0, 0.05) is 62.2 Å². The first-order valence-corrected chi connectivity index (χ1v) is 42.3. The Kier molecular flexibility index (Phi) is 47.2. The summed E-state index contributed by atoms with van der Waals surface area (Å²) in [5.41, 5.74) is 3.45. The summed E-state index contributed by atoms with van der Waals surface area (Å²) in [5, 5.41) is 28.3. The zero-order chi connectivity index (χ0) is 90.8. The van der Waals surface area contributed by atoms with Gasteiger partial charge in [0.2, 0.25) is 59.1 Å². The van der Waals surface area contributed by atoms with Crippen LogP contribution in [0.4, 0.5) is 0 Å². The lowest BCUT2D eigenvalue weighted by Crippen LogP contribution is -2.57. The number of ketones is 2. The molecule has 0 aliphatic carbocycles. The van der Waals surface area contributed by atoms with Crippen molar-refractivity contribution in [1.82, 2.24) is 51.5 Å². The van der Waals surface area contributed by atoms with Crippen LogP contribution in [0.2, 0.25) is 10.0 Å². The molecule has 0 saturated carbocycles. The number of esters is 1. The molecule has 0 aliphatic rings. The standard InChI is InChI=1S/C48H76ClN5O8.C43H68ClN5O7/c1-17-29(5)41(35(11)55)52-40(56)27-53(15)46(60)39(26-36-21-23-37(49)24-22-36)54(16)45(59)34(10)50-44(58)38(25-28(3)4)51-43(57)32(8)20-19-31(7)33(9)42(30(6)18-2)62-47(61)48(12,13)14;1-14-26(5)38(32(11)50)47-37(51)24-48(12)43(56)36(23-33-18-20-34(44)21-19-33)49(13)42(55)31(10)45-41(54)35(22-25(3)4)46-40(53)29(8)17-16-28(7)30(9)39(52)27(6)15-2/h18,20-24,28-29,31,33-34,38-39,41-42H,17,19,25-27H2,1-16H3,(H,50,58)(H,51,57)(H,52,56);15,17-21,25-26,28,30-31,35-36,38-39,52H,14,16,22-24H2,1-13H3,(H,45,54)(H,46,53)(H,47,51)/b30-18+,32-20+;27-15+,29-17+/t29-,31?,33-,34-,38+,39+,41?,42?;26-,28-,30-,31-,35+,36+,38?,39+/m00/s1. The maximum Gasteiger partial charge on any atom is 0.311 e. The molecule has 0 spiro atoms. The quantitative estimate of drug-likeness (QED) is 0.0184. The predicted molar refractivity (Wildman–Crippen MR) is 468 cm³/mol. The van der Waals surface area contributed by atoms with E-state index in [1.165, 1.54) is 75.5 Å². The molecular formula is C91H144Cl2N10O15. The molecule has 2 rings (SSSR count). The van der Waals surface area contributed by atoms with Gasteiger partial charge < -0.3 is 61.3 Å². The van der Waals surface area contributed by atoms with E-state index < -0.39 is 125 Å². The second-order valence-electron chi connectivity index (χ2n) is 34.3. The van der Waals surface area contributed by atoms with E-state index in [0.717, 1.165) is 11.1 Å². The molecule has 0 saturated heterocycles. The zero-order valence-corrected chi connectivity index (χ0v) is 77.6. The van der Waals surface area contributed by atoms with Crippen molar-refractivity contribution in [3.05, 3.63) is 116 Å². The number of Topliss-reactive ketones (excluding diaryl/α,β-unsaturated/α-hetero) is 2. The lowest BCUT2D eigenvalue weighted by molar-refractivity contribution is -0.159. The molecule has 2 aromatic carbocycles. The smallest absolute Gasteiger partial charge is 0.311 e. The Morgan fingerprint density at radius 3 is 1.09 bits per heavy atom. The van der Waals surface area contributed by atoms with Crippen LogP contribution in [0, 0.1) is 52.8 Å². The summed E-state index contributed by atoms with van der Waals surface area (Å²) in [6.45, 7) is 44.9. The fraction of sp³-hybridized carbons (Fsp3) is 0.637. The number of aliphatic hydroxyl groups is 1. The van der Waals surface area contributed by atoms with Gasteiger partial charge in [-0.15, -0.1) is 0 Å². The van der Waals surface area contributed by atoms with Gasteiger partial charge in [-0.3, -0.25) is 62.3 Å². The molecule has 10 amide bonds. The average molecular weight is 1690 g/mol. The minimum absolute atomic E-state index is 0.0116. The molecule has 0 radical (unpaired) electrons. The lowest BCUT2D eigenvalue weighted by Gasteiger charge is -2.33. The summed E-state index contributed by atoms with van der Waals surface area (Å²) < 4.78 is 5.96. The van der Waals surface area contributed by atoms with E-state index in [0.29, 0.717) is 70.8 Å². The Labute approximate surface area is 715 Å². The number of nitrogens with zero attached hydrogens (tertiary/aromatic N) is 4. The van der Waals surface area contributed by atoms with Gasteiger partial charge in [0.1, 0.15) is 42.4 Å². The molecule has 27 heteroatoms. The van der Waals surface area contributed by atoms with Crippen LogP contribution >= 0.6 is 23.2 Å². The molecule has 0 heterocycles. The number of rotatable bonds is 45. The highest BCUT2D eigenvalue weighted by Gasteiger charge is 2.39. The van der Waals surface area contributed by atoms with E-state index in [4.69, 9.17) is 27.9 Å².